The smallest absolute Gasteiger partial charge is 0.247 e. The van der Waals surface area contributed by atoms with E-state index in [9.17, 15) is 16.8 Å². The summed E-state index contributed by atoms with van der Waals surface area (Å²) in [6, 6.07) is 14.7. The summed E-state index contributed by atoms with van der Waals surface area (Å²) in [4.78, 5) is 15.5. The van der Waals surface area contributed by atoms with Crippen LogP contribution in [0.3, 0.4) is 0 Å². The van der Waals surface area contributed by atoms with Gasteiger partial charge in [0.25, 0.3) is 20.0 Å². The van der Waals surface area contributed by atoms with Crippen LogP contribution in [-0.2, 0) is 20.0 Å². The Bertz CT molecular complexity index is 1470. The van der Waals surface area contributed by atoms with Crippen LogP contribution < -0.4 is 9.44 Å². The Morgan fingerprint density at radius 3 is 1.40 bits per heavy atom. The average Bonchev–Trinajstić information content (AvgIpc) is 2.82. The van der Waals surface area contributed by atoms with Gasteiger partial charge in [-0.1, -0.05) is 47.0 Å². The zero-order chi connectivity index (χ0) is 25.5. The van der Waals surface area contributed by atoms with Crippen molar-refractivity contribution in [3.63, 3.8) is 0 Å². The first-order valence-corrected chi connectivity index (χ1v) is 13.3. The standard InChI is InChI=1S/C11H10ClN3O2S.C11H11N3O2S/c1-8-2-4-10(5-3-8)18(16,17)15-11-13-6-9(12)7-14-11;1-9-3-5-10(6-4-9)17(15,16)14-11-12-7-2-8-13-11/h2-7H,1H3,(H,13,14,15);2-8H,1H3,(H,12,13,14). The lowest BCUT2D eigenvalue weighted by atomic mass is 10.2. The first-order valence-electron chi connectivity index (χ1n) is 9.99. The van der Waals surface area contributed by atoms with E-state index in [1.54, 1.807) is 42.5 Å². The van der Waals surface area contributed by atoms with Crippen LogP contribution in [0.2, 0.25) is 5.02 Å². The van der Waals surface area contributed by atoms with Gasteiger partial charge in [0.2, 0.25) is 11.9 Å². The predicted octanol–water partition coefficient (Wildman–Crippen LogP) is 3.83. The predicted molar refractivity (Wildman–Crippen MR) is 133 cm³/mol. The number of hydrogen-bond donors (Lipinski definition) is 2. The third-order valence-electron chi connectivity index (χ3n) is 4.30. The highest BCUT2D eigenvalue weighted by Gasteiger charge is 2.15. The number of anilines is 2. The first-order chi connectivity index (χ1) is 16.5. The van der Waals surface area contributed by atoms with Crippen molar-refractivity contribution in [2.75, 3.05) is 9.44 Å². The first kappa shape index (κ1) is 26.0. The van der Waals surface area contributed by atoms with Crippen LogP contribution in [0, 0.1) is 13.8 Å². The Kier molecular flexibility index (Phi) is 8.33. The number of nitrogens with zero attached hydrogens (tertiary/aromatic N) is 4. The van der Waals surface area contributed by atoms with Crippen LogP contribution in [0.5, 0.6) is 0 Å². The molecule has 0 aliphatic carbocycles. The van der Waals surface area contributed by atoms with Crippen LogP contribution in [0.1, 0.15) is 11.1 Å². The van der Waals surface area contributed by atoms with E-state index in [1.807, 2.05) is 13.8 Å². The van der Waals surface area contributed by atoms with Crippen molar-refractivity contribution in [1.29, 1.82) is 0 Å². The Labute approximate surface area is 208 Å². The molecule has 0 unspecified atom stereocenters. The number of aromatic nitrogens is 4. The molecule has 13 heteroatoms. The molecule has 4 aromatic rings. The normalized spacial score (nSPS) is 11.2. The van der Waals surface area contributed by atoms with E-state index in [4.69, 9.17) is 11.6 Å². The van der Waals surface area contributed by atoms with Crippen molar-refractivity contribution in [3.05, 3.63) is 95.5 Å². The van der Waals surface area contributed by atoms with Gasteiger partial charge in [0.1, 0.15) is 0 Å². The third-order valence-corrected chi connectivity index (χ3v) is 7.18. The summed E-state index contributed by atoms with van der Waals surface area (Å²) in [5.74, 6) is 0.0491. The lowest BCUT2D eigenvalue weighted by Gasteiger charge is -2.06. The Morgan fingerprint density at radius 1 is 0.629 bits per heavy atom. The van der Waals surface area contributed by atoms with Gasteiger partial charge in [-0.25, -0.2) is 46.2 Å². The second-order valence-electron chi connectivity index (χ2n) is 7.13. The molecule has 0 amide bonds. The van der Waals surface area contributed by atoms with E-state index in [1.165, 1.54) is 36.9 Å². The molecule has 0 atom stereocenters. The highest BCUT2D eigenvalue weighted by atomic mass is 35.5. The molecule has 0 aliphatic heterocycles. The van der Waals surface area contributed by atoms with Crippen LogP contribution >= 0.6 is 11.6 Å². The molecule has 182 valence electrons. The molecule has 10 nitrogen and oxygen atoms in total. The molecule has 2 aromatic heterocycles. The summed E-state index contributed by atoms with van der Waals surface area (Å²) in [6.45, 7) is 3.77. The third kappa shape index (κ3) is 7.70. The Balaban J connectivity index is 0.000000196. The fourth-order valence-corrected chi connectivity index (χ4v) is 4.52. The molecule has 35 heavy (non-hydrogen) atoms. The average molecular weight is 533 g/mol. The minimum absolute atomic E-state index is 0.0139. The number of hydrogen-bond acceptors (Lipinski definition) is 8. The summed E-state index contributed by atoms with van der Waals surface area (Å²) in [5, 5.41) is 0.341. The van der Waals surface area contributed by atoms with Gasteiger partial charge in [-0.3, -0.25) is 0 Å². The molecule has 0 bridgehead atoms. The summed E-state index contributed by atoms with van der Waals surface area (Å²) < 4.78 is 52.4. The van der Waals surface area contributed by atoms with E-state index in [-0.39, 0.29) is 21.7 Å². The zero-order valence-corrected chi connectivity index (χ0v) is 21.0. The van der Waals surface area contributed by atoms with E-state index >= 15 is 0 Å². The molecule has 0 saturated carbocycles. The Morgan fingerprint density at radius 2 is 1.00 bits per heavy atom. The van der Waals surface area contributed by atoms with E-state index in [0.29, 0.717) is 5.02 Å². The number of nitrogens with one attached hydrogen (secondary N) is 2. The van der Waals surface area contributed by atoms with E-state index in [2.05, 4.69) is 29.4 Å². The van der Waals surface area contributed by atoms with Crippen LogP contribution in [-0.4, -0.2) is 36.8 Å². The molecule has 0 saturated heterocycles. The molecule has 2 N–H and O–H groups in total. The Hall–Kier alpha value is -3.61. The second kappa shape index (κ2) is 11.2. The number of benzene rings is 2. The number of halogens is 1. The molecular formula is C22H21ClN6O4S2. The number of aryl methyl sites for hydroxylation is 2. The molecule has 2 aromatic carbocycles. The SMILES string of the molecule is Cc1ccc(S(=O)(=O)Nc2ncc(Cl)cn2)cc1.Cc1ccc(S(=O)(=O)Nc2ncccn2)cc1. The van der Waals surface area contributed by atoms with Gasteiger partial charge in [-0.2, -0.15) is 0 Å². The highest BCUT2D eigenvalue weighted by molar-refractivity contribution is 7.93. The highest BCUT2D eigenvalue weighted by Crippen LogP contribution is 2.15. The maximum absolute atomic E-state index is 12.0. The van der Waals surface area contributed by atoms with E-state index < -0.39 is 20.0 Å². The molecule has 2 heterocycles. The van der Waals surface area contributed by atoms with Crippen molar-refractivity contribution in [1.82, 2.24) is 19.9 Å². The fourth-order valence-electron chi connectivity index (χ4n) is 2.51. The summed E-state index contributed by atoms with van der Waals surface area (Å²) in [7, 11) is -7.27. The van der Waals surface area contributed by atoms with Crippen LogP contribution in [0.4, 0.5) is 11.9 Å². The number of rotatable bonds is 6. The summed E-state index contributed by atoms with van der Waals surface area (Å²) in [6.07, 6.45) is 5.59. The molecule has 0 radical (unpaired) electrons. The van der Waals surface area contributed by atoms with Gasteiger partial charge in [-0.15, -0.1) is 0 Å². The zero-order valence-electron chi connectivity index (χ0n) is 18.6. The molecule has 4 rings (SSSR count). The lowest BCUT2D eigenvalue weighted by Crippen LogP contribution is -2.14. The topological polar surface area (TPSA) is 144 Å². The molecular weight excluding hydrogens is 512 g/mol. The maximum atomic E-state index is 12.0. The fraction of sp³-hybridized carbons (Fsp3) is 0.0909. The molecule has 0 aliphatic rings. The van der Waals surface area contributed by atoms with Crippen molar-refractivity contribution in [3.8, 4) is 0 Å². The monoisotopic (exact) mass is 532 g/mol. The van der Waals surface area contributed by atoms with Crippen molar-refractivity contribution in [2.24, 2.45) is 0 Å². The van der Waals surface area contributed by atoms with Crippen LogP contribution in [0.25, 0.3) is 0 Å². The van der Waals surface area contributed by atoms with Crippen LogP contribution in [0.15, 0.2) is 89.2 Å². The lowest BCUT2D eigenvalue weighted by molar-refractivity contribution is 0.599. The molecule has 0 fully saturated rings. The molecule has 0 spiro atoms. The minimum atomic E-state index is -3.66. The summed E-state index contributed by atoms with van der Waals surface area (Å²) >= 11 is 5.62. The largest absolute Gasteiger partial charge is 0.264 e. The van der Waals surface area contributed by atoms with Gasteiger partial charge >= 0.3 is 0 Å². The number of sulfonamides is 2. The van der Waals surface area contributed by atoms with Gasteiger partial charge in [0, 0.05) is 12.4 Å². The van der Waals surface area contributed by atoms with Gasteiger partial charge in [-0.05, 0) is 44.2 Å². The van der Waals surface area contributed by atoms with Crippen molar-refractivity contribution < 1.29 is 16.8 Å². The van der Waals surface area contributed by atoms with Gasteiger partial charge < -0.3 is 0 Å². The maximum Gasteiger partial charge on any atom is 0.264 e. The van der Waals surface area contributed by atoms with Crippen molar-refractivity contribution >= 4 is 43.5 Å². The minimum Gasteiger partial charge on any atom is -0.247 e. The van der Waals surface area contributed by atoms with Crippen molar-refractivity contribution in [2.45, 2.75) is 23.6 Å². The van der Waals surface area contributed by atoms with E-state index in [0.717, 1.165) is 11.1 Å². The van der Waals surface area contributed by atoms with Gasteiger partial charge in [0.05, 0.1) is 27.2 Å². The quantitative estimate of drug-likeness (QED) is 0.381. The summed E-state index contributed by atoms with van der Waals surface area (Å²) in [5.41, 5.74) is 1.98. The second-order valence-corrected chi connectivity index (χ2v) is 10.9. The van der Waals surface area contributed by atoms with Gasteiger partial charge in [0.15, 0.2) is 0 Å².